The Kier molecular flexibility index (Phi) is 3.85. The summed E-state index contributed by atoms with van der Waals surface area (Å²) in [6.07, 6.45) is -0.403. The van der Waals surface area contributed by atoms with Crippen molar-refractivity contribution in [2.45, 2.75) is 45.4 Å². The molecule has 4 amide bonds. The summed E-state index contributed by atoms with van der Waals surface area (Å²) in [6, 6.07) is 3.98. The van der Waals surface area contributed by atoms with Crippen LogP contribution in [0.25, 0.3) is 0 Å². The Labute approximate surface area is 156 Å². The molecule has 27 heavy (non-hydrogen) atoms. The van der Waals surface area contributed by atoms with Crippen molar-refractivity contribution in [3.05, 3.63) is 29.3 Å². The summed E-state index contributed by atoms with van der Waals surface area (Å²) in [6.45, 7) is 5.74. The van der Waals surface area contributed by atoms with E-state index in [1.807, 2.05) is 24.8 Å². The highest BCUT2D eigenvalue weighted by atomic mass is 16.5. The highest BCUT2D eigenvalue weighted by molar-refractivity contribution is 6.20. The van der Waals surface area contributed by atoms with E-state index in [1.54, 1.807) is 12.1 Å². The number of hydrogen-bond donors (Lipinski definition) is 2. The van der Waals surface area contributed by atoms with Crippen molar-refractivity contribution >= 4 is 29.3 Å². The second-order valence-electron chi connectivity index (χ2n) is 7.53. The number of urea groups is 1. The van der Waals surface area contributed by atoms with Crippen LogP contribution in [0, 0.1) is 5.41 Å². The van der Waals surface area contributed by atoms with Gasteiger partial charge in [0.25, 0.3) is 0 Å². The van der Waals surface area contributed by atoms with E-state index in [2.05, 4.69) is 10.6 Å². The summed E-state index contributed by atoms with van der Waals surface area (Å²) in [4.78, 5) is 51.4. The monoisotopic (exact) mass is 371 g/mol. The molecule has 8 heteroatoms. The van der Waals surface area contributed by atoms with Gasteiger partial charge in [-0.15, -0.1) is 0 Å². The summed E-state index contributed by atoms with van der Waals surface area (Å²) >= 11 is 0. The van der Waals surface area contributed by atoms with Crippen molar-refractivity contribution in [2.75, 3.05) is 11.4 Å². The van der Waals surface area contributed by atoms with Crippen LogP contribution in [0.15, 0.2) is 18.2 Å². The van der Waals surface area contributed by atoms with E-state index in [4.69, 9.17) is 4.74 Å². The fourth-order valence-corrected chi connectivity index (χ4v) is 4.67. The number of morpholine rings is 1. The van der Waals surface area contributed by atoms with E-state index in [9.17, 15) is 19.2 Å². The molecule has 2 saturated heterocycles. The average Bonchev–Trinajstić information content (AvgIpc) is 2.58. The molecule has 3 atom stereocenters. The number of barbiturate groups is 1. The molecular weight excluding hydrogens is 350 g/mol. The van der Waals surface area contributed by atoms with Crippen molar-refractivity contribution < 1.29 is 23.9 Å². The lowest BCUT2D eigenvalue weighted by molar-refractivity contribution is -0.153. The van der Waals surface area contributed by atoms with E-state index in [0.717, 1.165) is 11.3 Å². The largest absolute Gasteiger partial charge is 0.372 e. The zero-order valence-corrected chi connectivity index (χ0v) is 15.4. The minimum absolute atomic E-state index is 0.0922. The van der Waals surface area contributed by atoms with E-state index < -0.39 is 35.4 Å². The molecule has 0 saturated carbocycles. The first kappa shape index (κ1) is 17.7. The predicted octanol–water partition coefficient (Wildman–Crippen LogP) is 0.780. The smallest absolute Gasteiger partial charge is 0.328 e. The van der Waals surface area contributed by atoms with Gasteiger partial charge in [0.2, 0.25) is 11.8 Å². The standard InChI is InChI=1S/C19H21N3O5/c1-9-8-22-14-5-4-12(10(2)23)6-13(14)7-19(15(22)11(3)27-9)16(24)20-18(26)21-17(19)25/h4-6,9,11,15H,7-8H2,1-3H3,(H2,20,21,24,25,26)/t9-,11+,15-/m1/s1. The first-order valence-electron chi connectivity index (χ1n) is 8.97. The highest BCUT2D eigenvalue weighted by Gasteiger charge is 2.62. The van der Waals surface area contributed by atoms with Gasteiger partial charge in [-0.1, -0.05) is 0 Å². The van der Waals surface area contributed by atoms with Gasteiger partial charge in [0.15, 0.2) is 11.2 Å². The third kappa shape index (κ3) is 2.47. The SMILES string of the molecule is CC(=O)c1ccc2c(c1)CC1(C(=O)NC(=O)NC1=O)[C@H]1[C@H](C)O[C@H](C)CN21. The minimum Gasteiger partial charge on any atom is -0.372 e. The average molecular weight is 371 g/mol. The molecule has 2 fully saturated rings. The number of ether oxygens (including phenoxy) is 1. The van der Waals surface area contributed by atoms with Crippen LogP contribution in [-0.2, 0) is 20.7 Å². The molecule has 0 aliphatic carbocycles. The van der Waals surface area contributed by atoms with Gasteiger partial charge < -0.3 is 9.64 Å². The minimum atomic E-state index is -1.50. The normalized spacial score (nSPS) is 28.9. The lowest BCUT2D eigenvalue weighted by atomic mass is 9.66. The van der Waals surface area contributed by atoms with Crippen LogP contribution in [0.2, 0.25) is 0 Å². The molecule has 8 nitrogen and oxygen atoms in total. The van der Waals surface area contributed by atoms with Crippen LogP contribution in [0.1, 0.15) is 36.7 Å². The number of carbonyl (C=O) groups excluding carboxylic acids is 4. The second-order valence-corrected chi connectivity index (χ2v) is 7.53. The number of rotatable bonds is 1. The molecule has 1 aromatic carbocycles. The number of fused-ring (bicyclic) bond motifs is 4. The van der Waals surface area contributed by atoms with Gasteiger partial charge in [-0.3, -0.25) is 25.0 Å². The zero-order chi connectivity index (χ0) is 19.5. The maximum absolute atomic E-state index is 13.0. The number of hydrogen-bond acceptors (Lipinski definition) is 6. The molecule has 3 aliphatic heterocycles. The van der Waals surface area contributed by atoms with E-state index in [1.165, 1.54) is 6.92 Å². The van der Waals surface area contributed by atoms with Crippen LogP contribution >= 0.6 is 0 Å². The van der Waals surface area contributed by atoms with Gasteiger partial charge in [-0.2, -0.15) is 0 Å². The molecule has 0 unspecified atom stereocenters. The van der Waals surface area contributed by atoms with Crippen LogP contribution in [-0.4, -0.2) is 48.4 Å². The Hall–Kier alpha value is -2.74. The number of Topliss-reactive ketones (excluding diaryl/α,β-unsaturated/α-hetero) is 1. The van der Waals surface area contributed by atoms with Crippen molar-refractivity contribution in [3.63, 3.8) is 0 Å². The fourth-order valence-electron chi connectivity index (χ4n) is 4.67. The maximum atomic E-state index is 13.0. The zero-order valence-electron chi connectivity index (χ0n) is 15.4. The molecule has 3 heterocycles. The molecule has 0 aromatic heterocycles. The number of benzene rings is 1. The summed E-state index contributed by atoms with van der Waals surface area (Å²) in [5.41, 5.74) is 0.634. The Morgan fingerprint density at radius 1 is 1.19 bits per heavy atom. The van der Waals surface area contributed by atoms with Gasteiger partial charge in [-0.25, -0.2) is 4.79 Å². The predicted molar refractivity (Wildman–Crippen MR) is 95.4 cm³/mol. The Morgan fingerprint density at radius 2 is 1.85 bits per heavy atom. The number of imide groups is 2. The number of anilines is 1. The Balaban J connectivity index is 1.92. The van der Waals surface area contributed by atoms with E-state index >= 15 is 0 Å². The van der Waals surface area contributed by atoms with E-state index in [-0.39, 0.29) is 18.3 Å². The van der Waals surface area contributed by atoms with Crippen LogP contribution in [0.3, 0.4) is 0 Å². The number of ketones is 1. The maximum Gasteiger partial charge on any atom is 0.328 e. The Bertz CT molecular complexity index is 860. The Morgan fingerprint density at radius 3 is 2.48 bits per heavy atom. The van der Waals surface area contributed by atoms with Crippen molar-refractivity contribution in [3.8, 4) is 0 Å². The second kappa shape index (κ2) is 5.88. The molecule has 2 N–H and O–H groups in total. The van der Waals surface area contributed by atoms with Gasteiger partial charge in [0.1, 0.15) is 0 Å². The van der Waals surface area contributed by atoms with Gasteiger partial charge in [-0.05, 0) is 51.0 Å². The van der Waals surface area contributed by atoms with Crippen LogP contribution in [0.5, 0.6) is 0 Å². The first-order chi connectivity index (χ1) is 12.7. The lowest BCUT2D eigenvalue weighted by Crippen LogP contribution is -2.75. The lowest BCUT2D eigenvalue weighted by Gasteiger charge is -2.55. The van der Waals surface area contributed by atoms with Gasteiger partial charge in [0, 0.05) is 17.8 Å². The molecule has 4 rings (SSSR count). The molecule has 142 valence electrons. The van der Waals surface area contributed by atoms with Crippen LogP contribution in [0.4, 0.5) is 10.5 Å². The topological polar surface area (TPSA) is 105 Å². The van der Waals surface area contributed by atoms with Crippen molar-refractivity contribution in [2.24, 2.45) is 5.41 Å². The van der Waals surface area contributed by atoms with Crippen molar-refractivity contribution in [1.29, 1.82) is 0 Å². The molecule has 3 aliphatic rings. The molecule has 0 radical (unpaired) electrons. The fraction of sp³-hybridized carbons (Fsp3) is 0.474. The summed E-state index contributed by atoms with van der Waals surface area (Å²) in [5, 5.41) is 4.49. The summed E-state index contributed by atoms with van der Waals surface area (Å²) in [7, 11) is 0. The number of carbonyl (C=O) groups is 4. The van der Waals surface area contributed by atoms with Crippen molar-refractivity contribution in [1.82, 2.24) is 10.6 Å². The highest BCUT2D eigenvalue weighted by Crippen LogP contribution is 2.46. The number of nitrogens with zero attached hydrogens (tertiary/aromatic N) is 1. The third-order valence-corrected chi connectivity index (χ3v) is 5.72. The number of amides is 4. The van der Waals surface area contributed by atoms with Gasteiger partial charge in [0.05, 0.1) is 18.2 Å². The van der Waals surface area contributed by atoms with E-state index in [0.29, 0.717) is 12.1 Å². The first-order valence-corrected chi connectivity index (χ1v) is 8.97. The molecule has 0 bridgehead atoms. The molecule has 1 aromatic rings. The third-order valence-electron chi connectivity index (χ3n) is 5.72. The number of nitrogens with one attached hydrogen (secondary N) is 2. The molecular formula is C19H21N3O5. The summed E-state index contributed by atoms with van der Waals surface area (Å²) in [5.74, 6) is -1.35. The quantitative estimate of drug-likeness (QED) is 0.558. The summed E-state index contributed by atoms with van der Waals surface area (Å²) < 4.78 is 5.94. The van der Waals surface area contributed by atoms with Gasteiger partial charge >= 0.3 is 6.03 Å². The molecule has 1 spiro atoms. The van der Waals surface area contributed by atoms with Crippen LogP contribution < -0.4 is 15.5 Å².